The third-order valence-electron chi connectivity index (χ3n) is 4.54. The SMILES string of the molecule is COC(=O)OC1=C(O)CCN(CCC2COc3ccccc3C2)C1.Cl. The lowest BCUT2D eigenvalue weighted by atomic mass is 9.94. The first-order valence-electron chi connectivity index (χ1n) is 8.25. The van der Waals surface area contributed by atoms with Gasteiger partial charge in [0, 0.05) is 13.0 Å². The van der Waals surface area contributed by atoms with Crippen LogP contribution in [0.15, 0.2) is 35.8 Å². The second-order valence-corrected chi connectivity index (χ2v) is 6.23. The Labute approximate surface area is 153 Å². The molecule has 0 aliphatic carbocycles. The van der Waals surface area contributed by atoms with Crippen LogP contribution in [0, 0.1) is 5.92 Å². The molecule has 1 unspecified atom stereocenters. The Bertz CT molecular complexity index is 634. The Kier molecular flexibility index (Phi) is 6.96. The molecule has 0 amide bonds. The molecule has 0 saturated heterocycles. The second-order valence-electron chi connectivity index (χ2n) is 6.23. The maximum Gasteiger partial charge on any atom is 0.513 e. The lowest BCUT2D eigenvalue weighted by molar-refractivity contribution is 0.0775. The molecule has 25 heavy (non-hydrogen) atoms. The quantitative estimate of drug-likeness (QED) is 0.821. The van der Waals surface area contributed by atoms with E-state index in [0.29, 0.717) is 24.6 Å². The second kappa shape index (κ2) is 8.97. The fourth-order valence-corrected chi connectivity index (χ4v) is 3.14. The summed E-state index contributed by atoms with van der Waals surface area (Å²) in [6.45, 7) is 2.78. The average Bonchev–Trinajstić information content (AvgIpc) is 2.62. The van der Waals surface area contributed by atoms with Crippen molar-refractivity contribution in [2.24, 2.45) is 5.92 Å². The van der Waals surface area contributed by atoms with Crippen LogP contribution in [0.3, 0.4) is 0 Å². The summed E-state index contributed by atoms with van der Waals surface area (Å²) in [5.41, 5.74) is 1.26. The first-order chi connectivity index (χ1) is 11.7. The van der Waals surface area contributed by atoms with Crippen molar-refractivity contribution in [3.8, 4) is 5.75 Å². The molecule has 1 aromatic rings. The lowest BCUT2D eigenvalue weighted by Crippen LogP contribution is -2.36. The van der Waals surface area contributed by atoms with Crippen molar-refractivity contribution in [1.82, 2.24) is 4.90 Å². The predicted molar refractivity (Wildman–Crippen MR) is 95.2 cm³/mol. The van der Waals surface area contributed by atoms with Gasteiger partial charge in [0.05, 0.1) is 20.3 Å². The number of halogens is 1. The largest absolute Gasteiger partial charge is 0.513 e. The van der Waals surface area contributed by atoms with Crippen LogP contribution < -0.4 is 4.74 Å². The van der Waals surface area contributed by atoms with Gasteiger partial charge in [-0.05, 0) is 36.9 Å². The molecule has 2 heterocycles. The van der Waals surface area contributed by atoms with Crippen LogP contribution in [0.4, 0.5) is 4.79 Å². The van der Waals surface area contributed by atoms with Crippen LogP contribution >= 0.6 is 12.4 Å². The van der Waals surface area contributed by atoms with Crippen molar-refractivity contribution in [3.63, 3.8) is 0 Å². The minimum Gasteiger partial charge on any atom is -0.509 e. The zero-order valence-corrected chi connectivity index (χ0v) is 15.1. The highest BCUT2D eigenvalue weighted by Crippen LogP contribution is 2.28. The molecule has 1 N–H and O–H groups in total. The molecule has 6 nitrogen and oxygen atoms in total. The summed E-state index contributed by atoms with van der Waals surface area (Å²) in [7, 11) is 1.25. The van der Waals surface area contributed by atoms with Crippen LogP contribution in [-0.2, 0) is 15.9 Å². The summed E-state index contributed by atoms with van der Waals surface area (Å²) in [6.07, 6.45) is 1.71. The predicted octanol–water partition coefficient (Wildman–Crippen LogP) is 3.31. The molecule has 2 aliphatic rings. The van der Waals surface area contributed by atoms with Crippen molar-refractivity contribution >= 4 is 18.6 Å². The van der Waals surface area contributed by atoms with E-state index in [1.54, 1.807) is 0 Å². The van der Waals surface area contributed by atoms with Gasteiger partial charge in [0.1, 0.15) is 11.5 Å². The smallest absolute Gasteiger partial charge is 0.509 e. The highest BCUT2D eigenvalue weighted by Gasteiger charge is 2.24. The van der Waals surface area contributed by atoms with Crippen LogP contribution in [-0.4, -0.2) is 49.5 Å². The Hall–Kier alpha value is -1.92. The summed E-state index contributed by atoms with van der Waals surface area (Å²) < 4.78 is 15.3. The number of ether oxygens (including phenoxy) is 3. The molecular weight excluding hydrogens is 346 g/mol. The normalized spacial score (nSPS) is 20.1. The van der Waals surface area contributed by atoms with E-state index in [1.807, 2.05) is 18.2 Å². The van der Waals surface area contributed by atoms with Gasteiger partial charge < -0.3 is 19.3 Å². The van der Waals surface area contributed by atoms with Gasteiger partial charge in [-0.2, -0.15) is 0 Å². The molecule has 2 aliphatic heterocycles. The Morgan fingerprint density at radius 3 is 3.00 bits per heavy atom. The molecular formula is C18H24ClNO5. The first-order valence-corrected chi connectivity index (χ1v) is 8.25. The number of fused-ring (bicyclic) bond motifs is 1. The number of carbonyl (C=O) groups excluding carboxylic acids is 1. The molecule has 0 bridgehead atoms. The highest BCUT2D eigenvalue weighted by molar-refractivity contribution is 5.85. The van der Waals surface area contributed by atoms with Crippen molar-refractivity contribution in [1.29, 1.82) is 0 Å². The Morgan fingerprint density at radius 1 is 1.40 bits per heavy atom. The number of nitrogens with zero attached hydrogens (tertiary/aromatic N) is 1. The molecule has 3 rings (SSSR count). The molecule has 7 heteroatoms. The fourth-order valence-electron chi connectivity index (χ4n) is 3.14. The molecule has 1 aromatic carbocycles. The average molecular weight is 370 g/mol. The minimum absolute atomic E-state index is 0. The molecule has 0 radical (unpaired) electrons. The van der Waals surface area contributed by atoms with Crippen molar-refractivity contribution in [2.75, 3.05) is 33.4 Å². The van der Waals surface area contributed by atoms with E-state index < -0.39 is 6.16 Å². The van der Waals surface area contributed by atoms with Gasteiger partial charge in [-0.3, -0.25) is 4.90 Å². The standard InChI is InChI=1S/C18H23NO5.ClH/c1-22-18(21)24-17-11-19(9-7-15(17)20)8-6-13-10-14-4-2-3-5-16(14)23-12-13;/h2-5,13,20H,6-12H2,1H3;1H. The summed E-state index contributed by atoms with van der Waals surface area (Å²) in [4.78, 5) is 13.4. The summed E-state index contributed by atoms with van der Waals surface area (Å²) in [5, 5.41) is 9.86. The molecule has 0 saturated carbocycles. The number of rotatable bonds is 4. The molecule has 0 aromatic heterocycles. The third kappa shape index (κ3) is 5.03. The van der Waals surface area contributed by atoms with Crippen molar-refractivity contribution in [2.45, 2.75) is 19.3 Å². The zero-order valence-electron chi connectivity index (χ0n) is 14.3. The van der Waals surface area contributed by atoms with Gasteiger partial charge in [-0.25, -0.2) is 4.79 Å². The molecule has 0 spiro atoms. The zero-order chi connectivity index (χ0) is 16.9. The van der Waals surface area contributed by atoms with Gasteiger partial charge in [0.15, 0.2) is 5.76 Å². The maximum absolute atomic E-state index is 11.2. The van der Waals surface area contributed by atoms with E-state index in [9.17, 15) is 9.90 Å². The lowest BCUT2D eigenvalue weighted by Gasteiger charge is -2.30. The van der Waals surface area contributed by atoms with Crippen LogP contribution in [0.2, 0.25) is 0 Å². The Balaban J connectivity index is 0.00000225. The number of aliphatic hydroxyl groups is 1. The Morgan fingerprint density at radius 2 is 2.20 bits per heavy atom. The number of benzene rings is 1. The van der Waals surface area contributed by atoms with E-state index in [-0.39, 0.29) is 18.2 Å². The van der Waals surface area contributed by atoms with Gasteiger partial charge >= 0.3 is 6.16 Å². The molecule has 138 valence electrons. The van der Waals surface area contributed by atoms with Crippen LogP contribution in [0.5, 0.6) is 5.75 Å². The number of aliphatic hydroxyl groups excluding tert-OH is 1. The fraction of sp³-hybridized carbons (Fsp3) is 0.500. The third-order valence-corrected chi connectivity index (χ3v) is 4.54. The van der Waals surface area contributed by atoms with E-state index in [2.05, 4.69) is 15.7 Å². The van der Waals surface area contributed by atoms with E-state index in [4.69, 9.17) is 9.47 Å². The van der Waals surface area contributed by atoms with E-state index in [0.717, 1.165) is 38.3 Å². The number of carbonyl (C=O) groups is 1. The number of para-hydroxylation sites is 1. The summed E-state index contributed by atoms with van der Waals surface area (Å²) >= 11 is 0. The number of hydrogen-bond donors (Lipinski definition) is 1. The summed E-state index contributed by atoms with van der Waals surface area (Å²) in [5.74, 6) is 1.89. The summed E-state index contributed by atoms with van der Waals surface area (Å²) in [6, 6.07) is 8.17. The van der Waals surface area contributed by atoms with Crippen molar-refractivity contribution < 1.29 is 24.1 Å². The maximum atomic E-state index is 11.2. The van der Waals surface area contributed by atoms with Crippen molar-refractivity contribution in [3.05, 3.63) is 41.3 Å². The van der Waals surface area contributed by atoms with Crippen LogP contribution in [0.1, 0.15) is 18.4 Å². The number of hydrogen-bond acceptors (Lipinski definition) is 6. The van der Waals surface area contributed by atoms with E-state index >= 15 is 0 Å². The van der Waals surface area contributed by atoms with Gasteiger partial charge in [0.2, 0.25) is 0 Å². The van der Waals surface area contributed by atoms with Gasteiger partial charge in [0.25, 0.3) is 0 Å². The monoisotopic (exact) mass is 369 g/mol. The first kappa shape index (κ1) is 19.4. The van der Waals surface area contributed by atoms with Gasteiger partial charge in [-0.1, -0.05) is 18.2 Å². The van der Waals surface area contributed by atoms with Gasteiger partial charge in [-0.15, -0.1) is 12.4 Å². The number of methoxy groups -OCH3 is 1. The highest BCUT2D eigenvalue weighted by atomic mass is 35.5. The van der Waals surface area contributed by atoms with Crippen LogP contribution in [0.25, 0.3) is 0 Å². The molecule has 1 atom stereocenters. The topological polar surface area (TPSA) is 68.2 Å². The molecule has 0 fully saturated rings. The van der Waals surface area contributed by atoms with E-state index in [1.165, 1.54) is 12.7 Å². The minimum atomic E-state index is -0.796.